The molecule has 2 amide bonds. The number of pyridine rings is 1. The average molecular weight is 589 g/mol. The first-order valence-electron chi connectivity index (χ1n) is 14.6. The number of nitrogens with one attached hydrogen (secondary N) is 2. The van der Waals surface area contributed by atoms with E-state index in [1.165, 1.54) is 11.8 Å². The van der Waals surface area contributed by atoms with Crippen LogP contribution in [-0.4, -0.2) is 49.0 Å². The lowest BCUT2D eigenvalue weighted by molar-refractivity contribution is 0.102. The molecule has 0 saturated carbocycles. The summed E-state index contributed by atoms with van der Waals surface area (Å²) in [5.74, 6) is 0.807. The van der Waals surface area contributed by atoms with Crippen molar-refractivity contribution in [1.82, 2.24) is 9.88 Å². The molecule has 8 heteroatoms. The molecule has 0 aliphatic heterocycles. The number of aromatic nitrogens is 1. The maximum absolute atomic E-state index is 13.2. The first-order valence-corrected chi connectivity index (χ1v) is 14.6. The molecule has 5 rings (SSSR count). The topological polar surface area (TPSA) is 92.8 Å². The van der Waals surface area contributed by atoms with E-state index in [0.29, 0.717) is 22.5 Å². The van der Waals surface area contributed by atoms with E-state index in [1.807, 2.05) is 60.7 Å². The standard InChI is InChI=1S/C36H36N4O4/c1-4-40(24-26-15-18-33(43-2)34(21-26)44-3)20-19-25-13-16-29(17-14-25)38-36(42)30-10-6-8-12-32(30)39-35(41)28-22-27-9-5-7-11-31(27)37-23-28/h5-18,21-23H,4,19-20,24H2,1-3H3,(H,38,42)(H,39,41). The zero-order valence-corrected chi connectivity index (χ0v) is 25.2. The Bertz CT molecular complexity index is 1750. The fourth-order valence-corrected chi connectivity index (χ4v) is 5.01. The van der Waals surface area contributed by atoms with Crippen LogP contribution in [0.4, 0.5) is 11.4 Å². The van der Waals surface area contributed by atoms with E-state index < -0.39 is 0 Å². The minimum Gasteiger partial charge on any atom is -0.493 e. The monoisotopic (exact) mass is 588 g/mol. The van der Waals surface area contributed by atoms with E-state index >= 15 is 0 Å². The van der Waals surface area contributed by atoms with Crippen LogP contribution in [-0.2, 0) is 13.0 Å². The predicted molar refractivity (Wildman–Crippen MR) is 175 cm³/mol. The molecule has 8 nitrogen and oxygen atoms in total. The van der Waals surface area contributed by atoms with Crippen molar-refractivity contribution in [2.24, 2.45) is 0 Å². The normalized spacial score (nSPS) is 10.9. The Morgan fingerprint density at radius 1 is 0.773 bits per heavy atom. The van der Waals surface area contributed by atoms with E-state index in [0.717, 1.165) is 54.0 Å². The Kier molecular flexibility index (Phi) is 9.84. The van der Waals surface area contributed by atoms with Crippen molar-refractivity contribution < 1.29 is 19.1 Å². The number of carbonyl (C=O) groups excluding carboxylic acids is 2. The van der Waals surface area contributed by atoms with Crippen molar-refractivity contribution in [3.63, 3.8) is 0 Å². The number of fused-ring (bicyclic) bond motifs is 1. The summed E-state index contributed by atoms with van der Waals surface area (Å²) in [5, 5.41) is 6.70. The number of hydrogen-bond acceptors (Lipinski definition) is 6. The fourth-order valence-electron chi connectivity index (χ4n) is 5.01. The Morgan fingerprint density at radius 2 is 1.50 bits per heavy atom. The van der Waals surface area contributed by atoms with Crippen molar-refractivity contribution in [3.05, 3.63) is 126 Å². The Morgan fingerprint density at radius 3 is 2.27 bits per heavy atom. The lowest BCUT2D eigenvalue weighted by atomic mass is 10.1. The SMILES string of the molecule is CCN(CCc1ccc(NC(=O)c2ccccc2NC(=O)c2cnc3ccccc3c2)cc1)Cc1ccc(OC)c(OC)c1. The van der Waals surface area contributed by atoms with Gasteiger partial charge in [-0.2, -0.15) is 0 Å². The molecule has 224 valence electrons. The number of anilines is 2. The molecule has 4 aromatic carbocycles. The van der Waals surface area contributed by atoms with Crippen molar-refractivity contribution in [2.45, 2.75) is 19.9 Å². The van der Waals surface area contributed by atoms with E-state index in [1.54, 1.807) is 44.6 Å². The van der Waals surface area contributed by atoms with Gasteiger partial charge in [0, 0.05) is 30.4 Å². The molecule has 0 aliphatic rings. The molecule has 0 unspecified atom stereocenters. The fraction of sp³-hybridized carbons (Fsp3) is 0.194. The quantitative estimate of drug-likeness (QED) is 0.166. The van der Waals surface area contributed by atoms with Gasteiger partial charge in [0.2, 0.25) is 0 Å². The van der Waals surface area contributed by atoms with Crippen molar-refractivity contribution in [3.8, 4) is 11.5 Å². The second kappa shape index (κ2) is 14.3. The highest BCUT2D eigenvalue weighted by molar-refractivity contribution is 6.13. The van der Waals surface area contributed by atoms with Crippen molar-refractivity contribution >= 4 is 34.1 Å². The molecule has 0 bridgehead atoms. The molecular weight excluding hydrogens is 552 g/mol. The second-order valence-corrected chi connectivity index (χ2v) is 10.4. The van der Waals surface area contributed by atoms with Gasteiger partial charge in [-0.1, -0.05) is 55.5 Å². The summed E-state index contributed by atoms with van der Waals surface area (Å²) in [6.45, 7) is 4.75. The maximum Gasteiger partial charge on any atom is 0.257 e. The molecule has 1 aromatic heterocycles. The van der Waals surface area contributed by atoms with Crippen LogP contribution >= 0.6 is 0 Å². The number of nitrogens with zero attached hydrogens (tertiary/aromatic N) is 2. The molecular formula is C36H36N4O4. The molecule has 2 N–H and O–H groups in total. The van der Waals surface area contributed by atoms with Gasteiger partial charge < -0.3 is 20.1 Å². The van der Waals surface area contributed by atoms with Crippen LogP contribution in [0.1, 0.15) is 38.8 Å². The number of benzene rings is 4. The number of ether oxygens (including phenoxy) is 2. The number of rotatable bonds is 12. The first kappa shape index (κ1) is 30.3. The zero-order chi connectivity index (χ0) is 30.9. The summed E-state index contributed by atoms with van der Waals surface area (Å²) < 4.78 is 10.8. The summed E-state index contributed by atoms with van der Waals surface area (Å²) in [4.78, 5) is 33.0. The van der Waals surface area contributed by atoms with E-state index in [9.17, 15) is 9.59 Å². The van der Waals surface area contributed by atoms with Gasteiger partial charge in [-0.05, 0) is 72.6 Å². The number of methoxy groups -OCH3 is 2. The summed E-state index contributed by atoms with van der Waals surface area (Å²) in [6, 6.07) is 30.2. The lowest BCUT2D eigenvalue weighted by Crippen LogP contribution is -2.25. The van der Waals surface area contributed by atoms with Crippen LogP contribution < -0.4 is 20.1 Å². The van der Waals surface area contributed by atoms with Crippen molar-refractivity contribution in [1.29, 1.82) is 0 Å². The van der Waals surface area contributed by atoms with Gasteiger partial charge in [0.05, 0.1) is 36.6 Å². The number of para-hydroxylation sites is 2. The molecule has 0 spiro atoms. The minimum atomic E-state index is -0.333. The molecule has 0 radical (unpaired) electrons. The van der Waals surface area contributed by atoms with Gasteiger partial charge in [0.25, 0.3) is 11.8 Å². The van der Waals surface area contributed by atoms with Gasteiger partial charge in [0.1, 0.15) is 0 Å². The highest BCUT2D eigenvalue weighted by atomic mass is 16.5. The third kappa shape index (κ3) is 7.40. The molecule has 0 aliphatic carbocycles. The highest BCUT2D eigenvalue weighted by Gasteiger charge is 2.15. The first-order chi connectivity index (χ1) is 21.5. The van der Waals surface area contributed by atoms with Gasteiger partial charge >= 0.3 is 0 Å². The second-order valence-electron chi connectivity index (χ2n) is 10.4. The van der Waals surface area contributed by atoms with Crippen LogP contribution in [0.2, 0.25) is 0 Å². The van der Waals surface area contributed by atoms with Crippen LogP contribution in [0, 0.1) is 0 Å². The lowest BCUT2D eigenvalue weighted by Gasteiger charge is -2.21. The van der Waals surface area contributed by atoms with Crippen LogP contribution in [0.25, 0.3) is 10.9 Å². The number of hydrogen-bond donors (Lipinski definition) is 2. The summed E-state index contributed by atoms with van der Waals surface area (Å²) in [5.41, 5.74) is 5.03. The number of carbonyl (C=O) groups is 2. The van der Waals surface area contributed by atoms with E-state index in [4.69, 9.17) is 9.47 Å². The van der Waals surface area contributed by atoms with Crippen LogP contribution in [0.5, 0.6) is 11.5 Å². The van der Waals surface area contributed by atoms with Gasteiger partial charge in [0.15, 0.2) is 11.5 Å². The summed E-state index contributed by atoms with van der Waals surface area (Å²) in [6.07, 6.45) is 2.41. The highest BCUT2D eigenvalue weighted by Crippen LogP contribution is 2.28. The third-order valence-electron chi connectivity index (χ3n) is 7.50. The molecule has 0 atom stereocenters. The minimum absolute atomic E-state index is 0.308. The Labute approximate surface area is 257 Å². The smallest absolute Gasteiger partial charge is 0.257 e. The van der Waals surface area contributed by atoms with Crippen LogP contribution in [0.15, 0.2) is 103 Å². The third-order valence-corrected chi connectivity index (χ3v) is 7.50. The van der Waals surface area contributed by atoms with Gasteiger partial charge in [-0.25, -0.2) is 0 Å². The molecule has 0 saturated heterocycles. The largest absolute Gasteiger partial charge is 0.493 e. The summed E-state index contributed by atoms with van der Waals surface area (Å²) >= 11 is 0. The zero-order valence-electron chi connectivity index (χ0n) is 25.2. The van der Waals surface area contributed by atoms with Crippen LogP contribution in [0.3, 0.4) is 0 Å². The average Bonchev–Trinajstić information content (AvgIpc) is 3.07. The van der Waals surface area contributed by atoms with Gasteiger partial charge in [-0.15, -0.1) is 0 Å². The molecule has 44 heavy (non-hydrogen) atoms. The number of likely N-dealkylation sites (N-methyl/N-ethyl adjacent to an activating group) is 1. The van der Waals surface area contributed by atoms with Crippen molar-refractivity contribution in [2.75, 3.05) is 37.9 Å². The van der Waals surface area contributed by atoms with E-state index in [-0.39, 0.29) is 11.8 Å². The molecule has 5 aromatic rings. The van der Waals surface area contributed by atoms with E-state index in [2.05, 4.69) is 33.5 Å². The van der Waals surface area contributed by atoms with Gasteiger partial charge in [-0.3, -0.25) is 19.5 Å². The molecule has 1 heterocycles. The number of amides is 2. The maximum atomic E-state index is 13.2. The Hall–Kier alpha value is -5.21. The Balaban J connectivity index is 1.18. The molecule has 0 fully saturated rings. The summed E-state index contributed by atoms with van der Waals surface area (Å²) in [7, 11) is 3.28. The predicted octanol–water partition coefficient (Wildman–Crippen LogP) is 6.82.